The van der Waals surface area contributed by atoms with E-state index in [9.17, 15) is 4.79 Å². The highest BCUT2D eigenvalue weighted by molar-refractivity contribution is 8.00. The van der Waals surface area contributed by atoms with Crippen LogP contribution in [0.25, 0.3) is 0 Å². The molecule has 3 nitrogen and oxygen atoms in total. The summed E-state index contributed by atoms with van der Waals surface area (Å²) < 4.78 is 5.22. The molecule has 0 aliphatic carbocycles. The predicted octanol–water partition coefficient (Wildman–Crippen LogP) is 0.991. The summed E-state index contributed by atoms with van der Waals surface area (Å²) >= 11 is 1.61. The number of rotatable bonds is 1. The van der Waals surface area contributed by atoms with Crippen molar-refractivity contribution in [3.05, 3.63) is 0 Å². The maximum Gasteiger partial charge on any atom is 0.320 e. The van der Waals surface area contributed by atoms with Gasteiger partial charge >= 0.3 is 5.97 Å². The van der Waals surface area contributed by atoms with Gasteiger partial charge in [0, 0.05) is 12.4 Å². The van der Waals surface area contributed by atoms with Crippen LogP contribution in [-0.2, 0) is 9.53 Å². The Kier molecular flexibility index (Phi) is 3.01. The summed E-state index contributed by atoms with van der Waals surface area (Å²) in [6.45, 7) is 6.40. The topological polar surface area (TPSA) is 38.3 Å². The van der Waals surface area contributed by atoms with Crippen molar-refractivity contribution in [1.82, 2.24) is 5.32 Å². The lowest BCUT2D eigenvalue weighted by molar-refractivity contribution is -0.153. The third-order valence-corrected chi connectivity index (χ3v) is 2.52. The highest BCUT2D eigenvalue weighted by Gasteiger charge is 2.27. The number of nitrogens with one attached hydrogen (secondary N) is 1. The van der Waals surface area contributed by atoms with Crippen LogP contribution in [0.15, 0.2) is 0 Å². The fourth-order valence-corrected chi connectivity index (χ4v) is 1.78. The van der Waals surface area contributed by atoms with Gasteiger partial charge in [-0.05, 0) is 20.8 Å². The minimum atomic E-state index is -0.361. The number of ether oxygens (including phenoxy) is 1. The van der Waals surface area contributed by atoms with Crippen LogP contribution in [0.3, 0.4) is 0 Å². The van der Waals surface area contributed by atoms with Crippen LogP contribution in [0, 0.1) is 0 Å². The highest BCUT2D eigenvalue weighted by atomic mass is 32.2. The lowest BCUT2D eigenvalue weighted by atomic mass is 10.2. The average Bonchev–Trinajstić information content (AvgIpc) is 2.32. The normalized spacial score (nSPS) is 24.1. The lowest BCUT2D eigenvalue weighted by Gasteiger charge is -2.21. The molecule has 1 N–H and O–H groups in total. The second-order valence-electron chi connectivity index (χ2n) is 3.79. The van der Waals surface area contributed by atoms with E-state index in [2.05, 4.69) is 5.32 Å². The Morgan fingerprint density at radius 2 is 2.25 bits per heavy atom. The fourth-order valence-electron chi connectivity index (χ4n) is 0.927. The first kappa shape index (κ1) is 9.86. The molecule has 1 aliphatic rings. The van der Waals surface area contributed by atoms with Crippen molar-refractivity contribution in [1.29, 1.82) is 0 Å². The van der Waals surface area contributed by atoms with Gasteiger partial charge in [0.2, 0.25) is 0 Å². The van der Waals surface area contributed by atoms with Gasteiger partial charge in [0.15, 0.2) is 0 Å². The van der Waals surface area contributed by atoms with Gasteiger partial charge in [0.05, 0.1) is 0 Å². The Morgan fingerprint density at radius 1 is 1.58 bits per heavy atom. The van der Waals surface area contributed by atoms with Gasteiger partial charge in [0.1, 0.15) is 10.9 Å². The second-order valence-corrected chi connectivity index (χ2v) is 4.98. The summed E-state index contributed by atoms with van der Waals surface area (Å²) in [5, 5.41) is 3.09. The van der Waals surface area contributed by atoms with Gasteiger partial charge in [-0.15, -0.1) is 11.8 Å². The molecular formula is C8H15NO2S. The standard InChI is InChI=1S/C8H15NO2S/c1-8(2,3)11-7(10)6-4-9-5-12-6/h6,9H,4-5H2,1-3H3. The van der Waals surface area contributed by atoms with E-state index < -0.39 is 0 Å². The van der Waals surface area contributed by atoms with Gasteiger partial charge in [-0.2, -0.15) is 0 Å². The van der Waals surface area contributed by atoms with E-state index in [1.807, 2.05) is 20.8 Å². The molecule has 1 heterocycles. The highest BCUT2D eigenvalue weighted by Crippen LogP contribution is 2.19. The molecule has 1 saturated heterocycles. The average molecular weight is 189 g/mol. The Bertz CT molecular complexity index is 170. The molecule has 1 atom stereocenters. The molecule has 0 aromatic carbocycles. The van der Waals surface area contributed by atoms with Gasteiger partial charge < -0.3 is 10.1 Å². The molecule has 0 bridgehead atoms. The van der Waals surface area contributed by atoms with E-state index in [1.54, 1.807) is 11.8 Å². The number of thioether (sulfide) groups is 1. The van der Waals surface area contributed by atoms with Crippen molar-refractivity contribution in [3.63, 3.8) is 0 Å². The summed E-state index contributed by atoms with van der Waals surface area (Å²) in [5.41, 5.74) is -0.361. The molecule has 0 radical (unpaired) electrons. The Morgan fingerprint density at radius 3 is 2.67 bits per heavy atom. The van der Waals surface area contributed by atoms with Gasteiger partial charge in [-0.3, -0.25) is 4.79 Å². The summed E-state index contributed by atoms with van der Waals surface area (Å²) in [6, 6.07) is 0. The molecule has 0 aromatic heterocycles. The molecule has 70 valence electrons. The van der Waals surface area contributed by atoms with E-state index in [1.165, 1.54) is 0 Å². The zero-order valence-electron chi connectivity index (χ0n) is 7.72. The number of esters is 1. The predicted molar refractivity (Wildman–Crippen MR) is 50.1 cm³/mol. The molecule has 12 heavy (non-hydrogen) atoms. The van der Waals surface area contributed by atoms with E-state index in [4.69, 9.17) is 4.74 Å². The maximum absolute atomic E-state index is 11.4. The Hall–Kier alpha value is -0.220. The summed E-state index contributed by atoms with van der Waals surface area (Å²) in [6.07, 6.45) is 0. The van der Waals surface area contributed by atoms with Crippen molar-refractivity contribution < 1.29 is 9.53 Å². The molecule has 4 heteroatoms. The van der Waals surface area contributed by atoms with Gasteiger partial charge in [-0.25, -0.2) is 0 Å². The fraction of sp³-hybridized carbons (Fsp3) is 0.875. The van der Waals surface area contributed by atoms with Crippen molar-refractivity contribution in [2.24, 2.45) is 0 Å². The SMILES string of the molecule is CC(C)(C)OC(=O)C1CNCS1. The van der Waals surface area contributed by atoms with Crippen LogP contribution < -0.4 is 5.32 Å². The minimum Gasteiger partial charge on any atom is -0.459 e. The second kappa shape index (κ2) is 3.66. The first-order valence-electron chi connectivity index (χ1n) is 4.04. The third kappa shape index (κ3) is 3.03. The van der Waals surface area contributed by atoms with Gasteiger partial charge in [-0.1, -0.05) is 0 Å². The van der Waals surface area contributed by atoms with Crippen LogP contribution in [-0.4, -0.2) is 29.2 Å². The van der Waals surface area contributed by atoms with E-state index in [0.29, 0.717) is 0 Å². The summed E-state index contributed by atoms with van der Waals surface area (Å²) in [5.74, 6) is 0.752. The molecule has 0 aromatic rings. The van der Waals surface area contributed by atoms with E-state index in [0.717, 1.165) is 12.4 Å². The van der Waals surface area contributed by atoms with Crippen molar-refractivity contribution in [2.75, 3.05) is 12.4 Å². The number of hydrogen-bond acceptors (Lipinski definition) is 4. The smallest absolute Gasteiger partial charge is 0.320 e. The molecule has 1 aliphatic heterocycles. The zero-order chi connectivity index (χ0) is 9.19. The Labute approximate surface area is 77.2 Å². The number of carbonyl (C=O) groups excluding carboxylic acids is 1. The van der Waals surface area contributed by atoms with Crippen LogP contribution in [0.5, 0.6) is 0 Å². The largest absolute Gasteiger partial charge is 0.459 e. The number of carbonyl (C=O) groups is 1. The molecule has 1 unspecified atom stereocenters. The van der Waals surface area contributed by atoms with E-state index in [-0.39, 0.29) is 16.8 Å². The van der Waals surface area contributed by atoms with Gasteiger partial charge in [0.25, 0.3) is 0 Å². The maximum atomic E-state index is 11.4. The monoisotopic (exact) mass is 189 g/mol. The zero-order valence-corrected chi connectivity index (χ0v) is 8.53. The molecule has 1 rings (SSSR count). The van der Waals surface area contributed by atoms with Crippen LogP contribution >= 0.6 is 11.8 Å². The molecular weight excluding hydrogens is 174 g/mol. The summed E-state index contributed by atoms with van der Waals surface area (Å²) in [7, 11) is 0. The van der Waals surface area contributed by atoms with Crippen molar-refractivity contribution >= 4 is 17.7 Å². The van der Waals surface area contributed by atoms with Crippen LogP contribution in [0.1, 0.15) is 20.8 Å². The first-order valence-corrected chi connectivity index (χ1v) is 5.09. The molecule has 0 spiro atoms. The molecule has 0 saturated carbocycles. The first-order chi connectivity index (χ1) is 5.49. The summed E-state index contributed by atoms with van der Waals surface area (Å²) in [4.78, 5) is 11.4. The van der Waals surface area contributed by atoms with E-state index >= 15 is 0 Å². The van der Waals surface area contributed by atoms with Crippen LogP contribution in [0.2, 0.25) is 0 Å². The molecule has 0 amide bonds. The van der Waals surface area contributed by atoms with Crippen LogP contribution in [0.4, 0.5) is 0 Å². The lowest BCUT2D eigenvalue weighted by Crippen LogP contribution is -2.31. The number of hydrogen-bond donors (Lipinski definition) is 1. The minimum absolute atomic E-state index is 0.00998. The van der Waals surface area contributed by atoms with Crippen molar-refractivity contribution in [3.8, 4) is 0 Å². The Balaban J connectivity index is 2.37. The van der Waals surface area contributed by atoms with Crippen molar-refractivity contribution in [2.45, 2.75) is 31.6 Å². The third-order valence-electron chi connectivity index (χ3n) is 1.39. The quantitative estimate of drug-likeness (QED) is 0.624. The molecule has 1 fully saturated rings.